The first-order chi connectivity index (χ1) is 12.9. The van der Waals surface area contributed by atoms with Gasteiger partial charge in [0.05, 0.1) is 0 Å². The molecule has 0 aliphatic carbocycles. The van der Waals surface area contributed by atoms with Crippen LogP contribution in [-0.2, 0) is 4.79 Å². The molecule has 1 amide bonds. The summed E-state index contributed by atoms with van der Waals surface area (Å²) < 4.78 is 0. The number of carboxylic acid groups (broad SMARTS) is 1. The maximum absolute atomic E-state index is 12.7. The van der Waals surface area contributed by atoms with Crippen molar-refractivity contribution in [3.8, 4) is 11.1 Å². The van der Waals surface area contributed by atoms with E-state index in [4.69, 9.17) is 16.2 Å². The van der Waals surface area contributed by atoms with Gasteiger partial charge >= 0.3 is 5.97 Å². The smallest absolute Gasteiger partial charge is 0.303 e. The lowest BCUT2D eigenvalue weighted by Gasteiger charge is -2.32. The zero-order valence-corrected chi connectivity index (χ0v) is 15.0. The van der Waals surface area contributed by atoms with Crippen LogP contribution in [0.5, 0.6) is 0 Å². The first-order valence-corrected chi connectivity index (χ1v) is 9.00. The molecule has 1 saturated heterocycles. The van der Waals surface area contributed by atoms with Crippen molar-refractivity contribution in [2.45, 2.75) is 19.3 Å². The molecule has 1 fully saturated rings. The highest BCUT2D eigenvalue weighted by Crippen LogP contribution is 2.24. The molecule has 1 atom stereocenters. The summed E-state index contributed by atoms with van der Waals surface area (Å²) in [7, 11) is 0. The number of rotatable bonds is 5. The summed E-state index contributed by atoms with van der Waals surface area (Å²) in [4.78, 5) is 25.4. The van der Waals surface area contributed by atoms with Crippen molar-refractivity contribution in [3.63, 3.8) is 0 Å². The molecule has 2 aromatic rings. The predicted molar refractivity (Wildman–Crippen MR) is 104 cm³/mol. The number of nitrogen functional groups attached to an aromatic ring is 1. The van der Waals surface area contributed by atoms with E-state index in [2.05, 4.69) is 0 Å². The number of nitrogens with one attached hydrogen (secondary N) is 1. The molecule has 1 unspecified atom stereocenters. The van der Waals surface area contributed by atoms with Crippen LogP contribution < -0.4 is 5.73 Å². The average Bonchev–Trinajstić information content (AvgIpc) is 2.67. The first-order valence-electron chi connectivity index (χ1n) is 9.00. The number of nitrogens with two attached hydrogens (primary N) is 1. The van der Waals surface area contributed by atoms with E-state index in [0.29, 0.717) is 24.2 Å². The standard InChI is InChI=1S/C21H23N3O3/c22-20(23)17-7-3-15(4-8-17)16-5-9-18(10-6-16)21(27)24-11-1-2-14(13-24)12-19(25)26/h3-10,14H,1-2,11-13H2,(H3,22,23)(H,25,26). The van der Waals surface area contributed by atoms with Crippen molar-refractivity contribution < 1.29 is 14.7 Å². The van der Waals surface area contributed by atoms with E-state index in [1.165, 1.54) is 0 Å². The molecule has 3 rings (SSSR count). The highest BCUT2D eigenvalue weighted by molar-refractivity contribution is 5.96. The lowest BCUT2D eigenvalue weighted by Crippen LogP contribution is -2.40. The Morgan fingerprint density at radius 3 is 2.11 bits per heavy atom. The fraction of sp³-hybridized carbons (Fsp3) is 0.286. The third-order valence-electron chi connectivity index (χ3n) is 4.93. The van der Waals surface area contributed by atoms with Crippen molar-refractivity contribution >= 4 is 17.7 Å². The van der Waals surface area contributed by atoms with Gasteiger partial charge in [0, 0.05) is 30.6 Å². The Morgan fingerprint density at radius 1 is 1.04 bits per heavy atom. The average molecular weight is 365 g/mol. The molecule has 2 aromatic carbocycles. The maximum atomic E-state index is 12.7. The predicted octanol–water partition coefficient (Wildman–Crippen LogP) is 2.96. The van der Waals surface area contributed by atoms with E-state index in [9.17, 15) is 9.59 Å². The lowest BCUT2D eigenvalue weighted by atomic mass is 9.94. The molecule has 1 aliphatic rings. The van der Waals surface area contributed by atoms with Crippen molar-refractivity contribution in [2.24, 2.45) is 11.7 Å². The molecule has 27 heavy (non-hydrogen) atoms. The number of amides is 1. The van der Waals surface area contributed by atoms with Crippen LogP contribution in [-0.4, -0.2) is 40.8 Å². The Morgan fingerprint density at radius 2 is 1.59 bits per heavy atom. The summed E-state index contributed by atoms with van der Waals surface area (Å²) in [5.41, 5.74) is 8.71. The zero-order chi connectivity index (χ0) is 19.4. The van der Waals surface area contributed by atoms with Crippen LogP contribution in [0.15, 0.2) is 48.5 Å². The molecule has 6 nitrogen and oxygen atoms in total. The number of aliphatic carboxylic acids is 1. The Kier molecular flexibility index (Phi) is 5.54. The van der Waals surface area contributed by atoms with Crippen LogP contribution in [0.3, 0.4) is 0 Å². The fourth-order valence-corrected chi connectivity index (χ4v) is 3.49. The highest BCUT2D eigenvalue weighted by Gasteiger charge is 2.25. The van der Waals surface area contributed by atoms with Gasteiger partial charge in [-0.25, -0.2) is 0 Å². The number of benzene rings is 2. The molecule has 1 heterocycles. The van der Waals surface area contributed by atoms with Crippen molar-refractivity contribution in [1.82, 2.24) is 4.90 Å². The van der Waals surface area contributed by atoms with E-state index in [0.717, 1.165) is 24.0 Å². The topological polar surface area (TPSA) is 107 Å². The number of nitrogens with zero attached hydrogens (tertiary/aromatic N) is 1. The monoisotopic (exact) mass is 365 g/mol. The molecule has 140 valence electrons. The molecule has 0 aromatic heterocycles. The number of hydrogen-bond donors (Lipinski definition) is 3. The van der Waals surface area contributed by atoms with Crippen LogP contribution in [0.1, 0.15) is 35.2 Å². The van der Waals surface area contributed by atoms with Crippen LogP contribution >= 0.6 is 0 Å². The largest absolute Gasteiger partial charge is 0.481 e. The van der Waals surface area contributed by atoms with E-state index in [1.54, 1.807) is 29.2 Å². The molecular weight excluding hydrogens is 342 g/mol. The minimum absolute atomic E-state index is 0.0271. The molecule has 0 saturated carbocycles. The number of likely N-dealkylation sites (tertiary alicyclic amines) is 1. The molecule has 0 radical (unpaired) electrons. The van der Waals surface area contributed by atoms with Gasteiger partial charge < -0.3 is 15.7 Å². The van der Waals surface area contributed by atoms with Crippen LogP contribution in [0.4, 0.5) is 0 Å². The summed E-state index contributed by atoms with van der Waals surface area (Å²) >= 11 is 0. The molecule has 6 heteroatoms. The number of piperidine rings is 1. The number of hydrogen-bond acceptors (Lipinski definition) is 3. The van der Waals surface area contributed by atoms with Gasteiger partial charge in [-0.05, 0) is 42.0 Å². The summed E-state index contributed by atoms with van der Waals surface area (Å²) in [6, 6.07) is 14.8. The van der Waals surface area contributed by atoms with Gasteiger partial charge in [0.15, 0.2) is 0 Å². The molecule has 1 aliphatic heterocycles. The Hall–Kier alpha value is -3.15. The first kappa shape index (κ1) is 18.6. The highest BCUT2D eigenvalue weighted by atomic mass is 16.4. The second-order valence-electron chi connectivity index (χ2n) is 6.93. The van der Waals surface area contributed by atoms with Gasteiger partial charge in [0.2, 0.25) is 0 Å². The SMILES string of the molecule is N=C(N)c1ccc(-c2ccc(C(=O)N3CCCC(CC(=O)O)C3)cc2)cc1. The normalized spacial score (nSPS) is 16.7. The number of carbonyl (C=O) groups is 2. The summed E-state index contributed by atoms with van der Waals surface area (Å²) in [6.07, 6.45) is 1.80. The minimum atomic E-state index is -0.811. The summed E-state index contributed by atoms with van der Waals surface area (Å²) in [6.45, 7) is 1.17. The molecule has 4 N–H and O–H groups in total. The zero-order valence-electron chi connectivity index (χ0n) is 15.0. The molecular formula is C21H23N3O3. The second-order valence-corrected chi connectivity index (χ2v) is 6.93. The van der Waals surface area contributed by atoms with Gasteiger partial charge in [-0.2, -0.15) is 0 Å². The summed E-state index contributed by atoms with van der Waals surface area (Å²) in [5, 5.41) is 16.4. The Labute approximate surface area is 158 Å². The van der Waals surface area contributed by atoms with Crippen LogP contribution in [0, 0.1) is 11.3 Å². The van der Waals surface area contributed by atoms with Gasteiger partial charge in [-0.1, -0.05) is 36.4 Å². The molecule has 0 spiro atoms. The minimum Gasteiger partial charge on any atom is -0.481 e. The Bertz CT molecular complexity index is 844. The Balaban J connectivity index is 1.70. The van der Waals surface area contributed by atoms with E-state index >= 15 is 0 Å². The number of carboxylic acids is 1. The van der Waals surface area contributed by atoms with E-state index in [-0.39, 0.29) is 24.1 Å². The van der Waals surface area contributed by atoms with Crippen LogP contribution in [0.2, 0.25) is 0 Å². The lowest BCUT2D eigenvalue weighted by molar-refractivity contribution is -0.138. The van der Waals surface area contributed by atoms with Crippen molar-refractivity contribution in [3.05, 3.63) is 59.7 Å². The summed E-state index contributed by atoms with van der Waals surface area (Å²) in [5.74, 6) is -0.803. The van der Waals surface area contributed by atoms with Crippen LogP contribution in [0.25, 0.3) is 11.1 Å². The van der Waals surface area contributed by atoms with Gasteiger partial charge in [0.1, 0.15) is 5.84 Å². The molecule has 0 bridgehead atoms. The van der Waals surface area contributed by atoms with E-state index in [1.807, 2.05) is 24.3 Å². The maximum Gasteiger partial charge on any atom is 0.303 e. The quantitative estimate of drug-likeness (QED) is 0.559. The van der Waals surface area contributed by atoms with Gasteiger partial charge in [-0.15, -0.1) is 0 Å². The van der Waals surface area contributed by atoms with Crippen molar-refractivity contribution in [2.75, 3.05) is 13.1 Å². The third kappa shape index (κ3) is 4.53. The van der Waals surface area contributed by atoms with Gasteiger partial charge in [-0.3, -0.25) is 15.0 Å². The van der Waals surface area contributed by atoms with Gasteiger partial charge in [0.25, 0.3) is 5.91 Å². The second kappa shape index (κ2) is 8.03. The van der Waals surface area contributed by atoms with E-state index < -0.39 is 5.97 Å². The number of carbonyl (C=O) groups excluding carboxylic acids is 1. The third-order valence-corrected chi connectivity index (χ3v) is 4.93. The van der Waals surface area contributed by atoms with Crippen molar-refractivity contribution in [1.29, 1.82) is 5.41 Å². The number of amidine groups is 1. The fourth-order valence-electron chi connectivity index (χ4n) is 3.49.